The van der Waals surface area contributed by atoms with E-state index in [0.29, 0.717) is 0 Å². The van der Waals surface area contributed by atoms with Crippen molar-refractivity contribution >= 4 is 11.9 Å². The van der Waals surface area contributed by atoms with Crippen molar-refractivity contribution in [2.24, 2.45) is 0 Å². The van der Waals surface area contributed by atoms with Gasteiger partial charge in [0.15, 0.2) is 18.5 Å². The molecule has 2 fully saturated rings. The van der Waals surface area contributed by atoms with Crippen molar-refractivity contribution in [3.8, 4) is 0 Å². The van der Waals surface area contributed by atoms with E-state index >= 15 is 0 Å². The molecular weight excluding hydrogens is 260 g/mol. The van der Waals surface area contributed by atoms with Crippen LogP contribution < -0.4 is 0 Å². The zero-order valence-corrected chi connectivity index (χ0v) is 10.6. The van der Waals surface area contributed by atoms with Crippen LogP contribution in [0.1, 0.15) is 13.8 Å². The first-order valence-electron chi connectivity index (χ1n) is 5.86. The van der Waals surface area contributed by atoms with Crippen molar-refractivity contribution in [3.05, 3.63) is 0 Å². The van der Waals surface area contributed by atoms with Crippen LogP contribution in [-0.4, -0.2) is 61.2 Å². The zero-order valence-electron chi connectivity index (χ0n) is 10.6. The van der Waals surface area contributed by atoms with E-state index in [9.17, 15) is 14.7 Å². The summed E-state index contributed by atoms with van der Waals surface area (Å²) in [5, 5.41) is 9.84. The summed E-state index contributed by atoms with van der Waals surface area (Å²) in [6, 6.07) is 0. The highest BCUT2D eigenvalue weighted by molar-refractivity contribution is 5.67. The second kappa shape index (κ2) is 5.83. The van der Waals surface area contributed by atoms with Crippen LogP contribution in [0.4, 0.5) is 0 Å². The zero-order chi connectivity index (χ0) is 14.0. The molecule has 2 rings (SSSR count). The third kappa shape index (κ3) is 3.21. The molecule has 0 spiro atoms. The Morgan fingerprint density at radius 1 is 1.16 bits per heavy atom. The number of rotatable bonds is 2. The first-order valence-corrected chi connectivity index (χ1v) is 5.86. The summed E-state index contributed by atoms with van der Waals surface area (Å²) < 4.78 is 25.7. The lowest BCUT2D eigenvalue weighted by Gasteiger charge is -2.44. The Hall–Kier alpha value is -1.22. The van der Waals surface area contributed by atoms with Gasteiger partial charge >= 0.3 is 11.9 Å². The molecule has 0 saturated carbocycles. The Morgan fingerprint density at radius 3 is 2.42 bits per heavy atom. The highest BCUT2D eigenvalue weighted by Crippen LogP contribution is 2.29. The fraction of sp³-hybridized carbons (Fsp3) is 0.818. The summed E-state index contributed by atoms with van der Waals surface area (Å²) in [6.07, 6.45) is -4.69. The highest BCUT2D eigenvalue weighted by atomic mass is 16.7. The van der Waals surface area contributed by atoms with E-state index in [1.165, 1.54) is 13.8 Å². The number of carbonyl (C=O) groups is 2. The highest BCUT2D eigenvalue weighted by Gasteiger charge is 2.51. The van der Waals surface area contributed by atoms with Crippen molar-refractivity contribution < 1.29 is 38.4 Å². The average molecular weight is 276 g/mol. The van der Waals surface area contributed by atoms with E-state index in [1.54, 1.807) is 0 Å². The van der Waals surface area contributed by atoms with Crippen LogP contribution in [0.15, 0.2) is 0 Å². The molecule has 8 heteroatoms. The lowest BCUT2D eigenvalue weighted by molar-refractivity contribution is -0.332. The van der Waals surface area contributed by atoms with Gasteiger partial charge in [0.25, 0.3) is 0 Å². The Labute approximate surface area is 109 Å². The predicted molar refractivity (Wildman–Crippen MR) is 57.7 cm³/mol. The fourth-order valence-corrected chi connectivity index (χ4v) is 2.16. The van der Waals surface area contributed by atoms with Gasteiger partial charge in [-0.3, -0.25) is 9.59 Å². The maximum Gasteiger partial charge on any atom is 0.303 e. The second-order valence-electron chi connectivity index (χ2n) is 4.33. The minimum absolute atomic E-state index is 0.0190. The van der Waals surface area contributed by atoms with Gasteiger partial charge in [-0.25, -0.2) is 0 Å². The van der Waals surface area contributed by atoms with Crippen molar-refractivity contribution in [3.63, 3.8) is 0 Å². The summed E-state index contributed by atoms with van der Waals surface area (Å²) >= 11 is 0. The van der Waals surface area contributed by atoms with Crippen molar-refractivity contribution in [1.82, 2.24) is 0 Å². The van der Waals surface area contributed by atoms with E-state index in [1.807, 2.05) is 0 Å². The smallest absolute Gasteiger partial charge is 0.303 e. The second-order valence-corrected chi connectivity index (χ2v) is 4.33. The molecule has 2 saturated heterocycles. The van der Waals surface area contributed by atoms with Crippen molar-refractivity contribution in [2.75, 3.05) is 13.4 Å². The molecule has 0 aromatic carbocycles. The number of carbonyl (C=O) groups excluding carboxylic acids is 2. The molecule has 19 heavy (non-hydrogen) atoms. The predicted octanol–water partition coefficient (Wildman–Crippen LogP) is -1.06. The van der Waals surface area contributed by atoms with Gasteiger partial charge in [0, 0.05) is 13.8 Å². The van der Waals surface area contributed by atoms with E-state index in [0.717, 1.165) is 0 Å². The normalized spacial score (nSPS) is 38.2. The van der Waals surface area contributed by atoms with Crippen LogP contribution in [0.3, 0.4) is 0 Å². The number of aliphatic hydroxyl groups excluding tert-OH is 1. The van der Waals surface area contributed by atoms with Crippen molar-refractivity contribution in [2.45, 2.75) is 44.6 Å². The van der Waals surface area contributed by atoms with Crippen LogP contribution in [0.2, 0.25) is 0 Å². The molecule has 2 aliphatic rings. The van der Waals surface area contributed by atoms with Gasteiger partial charge in [-0.2, -0.15) is 0 Å². The van der Waals surface area contributed by atoms with E-state index in [-0.39, 0.29) is 13.4 Å². The quantitative estimate of drug-likeness (QED) is 0.637. The maximum absolute atomic E-state index is 11.2. The lowest BCUT2D eigenvalue weighted by atomic mass is 9.98. The minimum Gasteiger partial charge on any atom is -0.455 e. The van der Waals surface area contributed by atoms with Crippen molar-refractivity contribution in [1.29, 1.82) is 0 Å². The van der Waals surface area contributed by atoms with Gasteiger partial charge < -0.3 is 28.8 Å². The SMILES string of the molecule is CC(=O)OC1C(O)OC2COCOC2C1OC(C)=O. The molecule has 0 bridgehead atoms. The van der Waals surface area contributed by atoms with Crippen LogP contribution in [-0.2, 0) is 33.3 Å². The van der Waals surface area contributed by atoms with E-state index in [2.05, 4.69) is 0 Å². The lowest BCUT2D eigenvalue weighted by Crippen LogP contribution is -2.63. The molecule has 0 radical (unpaired) electrons. The van der Waals surface area contributed by atoms with Gasteiger partial charge in [-0.15, -0.1) is 0 Å². The van der Waals surface area contributed by atoms with Gasteiger partial charge in [0.05, 0.1) is 6.61 Å². The van der Waals surface area contributed by atoms with Crippen LogP contribution >= 0.6 is 0 Å². The summed E-state index contributed by atoms with van der Waals surface area (Å²) in [7, 11) is 0. The third-order valence-corrected chi connectivity index (χ3v) is 2.84. The first-order chi connectivity index (χ1) is 8.99. The van der Waals surface area contributed by atoms with Gasteiger partial charge in [-0.05, 0) is 0 Å². The Balaban J connectivity index is 2.18. The molecule has 0 aliphatic carbocycles. The van der Waals surface area contributed by atoms with Crippen LogP contribution in [0.5, 0.6) is 0 Å². The molecular formula is C11H16O8. The first kappa shape index (κ1) is 14.2. The Kier molecular flexibility index (Phi) is 4.35. The maximum atomic E-state index is 11.2. The number of esters is 2. The van der Waals surface area contributed by atoms with E-state index in [4.69, 9.17) is 23.7 Å². The van der Waals surface area contributed by atoms with Gasteiger partial charge in [-0.1, -0.05) is 0 Å². The summed E-state index contributed by atoms with van der Waals surface area (Å²) in [5.74, 6) is -1.18. The third-order valence-electron chi connectivity index (χ3n) is 2.84. The molecule has 1 N–H and O–H groups in total. The fourth-order valence-electron chi connectivity index (χ4n) is 2.16. The minimum atomic E-state index is -1.40. The largest absolute Gasteiger partial charge is 0.455 e. The van der Waals surface area contributed by atoms with E-state index < -0.39 is 42.6 Å². The molecule has 5 unspecified atom stereocenters. The number of aliphatic hydroxyl groups is 1. The standard InChI is InChI=1S/C11H16O8/c1-5(12)17-9-8-7(3-15-4-16-8)19-11(14)10(9)18-6(2)13/h7-11,14H,3-4H2,1-2H3. The number of fused-ring (bicyclic) bond motifs is 1. The van der Waals surface area contributed by atoms with Crippen LogP contribution in [0.25, 0.3) is 0 Å². The molecule has 0 amide bonds. The Morgan fingerprint density at radius 2 is 1.79 bits per heavy atom. The molecule has 8 nitrogen and oxygen atoms in total. The molecule has 5 atom stereocenters. The Bertz CT molecular complexity index is 357. The van der Waals surface area contributed by atoms with Gasteiger partial charge in [0.1, 0.15) is 19.0 Å². The number of hydrogen-bond donors (Lipinski definition) is 1. The monoisotopic (exact) mass is 276 g/mol. The number of hydrogen-bond acceptors (Lipinski definition) is 8. The average Bonchev–Trinajstić information content (AvgIpc) is 2.32. The molecule has 108 valence electrons. The molecule has 2 aliphatic heterocycles. The number of ether oxygens (including phenoxy) is 5. The molecule has 0 aromatic heterocycles. The molecule has 0 aromatic rings. The summed E-state index contributed by atoms with van der Waals surface area (Å²) in [4.78, 5) is 22.2. The topological polar surface area (TPSA) is 101 Å². The summed E-state index contributed by atoms with van der Waals surface area (Å²) in [6.45, 7) is 2.63. The van der Waals surface area contributed by atoms with Crippen LogP contribution in [0, 0.1) is 0 Å². The molecule has 2 heterocycles. The van der Waals surface area contributed by atoms with Gasteiger partial charge in [0.2, 0.25) is 0 Å². The summed E-state index contributed by atoms with van der Waals surface area (Å²) in [5.41, 5.74) is 0.